The minimum absolute atomic E-state index is 0.214. The fourth-order valence-corrected chi connectivity index (χ4v) is 2.74. The molecule has 0 fully saturated rings. The molecule has 0 aliphatic heterocycles. The van der Waals surface area contributed by atoms with Crippen LogP contribution in [0.3, 0.4) is 0 Å². The van der Waals surface area contributed by atoms with Crippen LogP contribution < -0.4 is 5.32 Å². The topological polar surface area (TPSA) is 68.5 Å². The van der Waals surface area contributed by atoms with Gasteiger partial charge in [0.2, 0.25) is 0 Å². The highest BCUT2D eigenvalue weighted by molar-refractivity contribution is 5.89. The maximum absolute atomic E-state index is 12.3. The van der Waals surface area contributed by atoms with Crippen LogP contribution in [-0.4, -0.2) is 18.5 Å². The molecule has 5 nitrogen and oxygen atoms in total. The number of nitrogens with one attached hydrogen (secondary N) is 1. The molecule has 1 aromatic heterocycles. The van der Waals surface area contributed by atoms with Gasteiger partial charge in [0, 0.05) is 6.08 Å². The number of ether oxygens (including phenoxy) is 1. The first-order valence-electron chi connectivity index (χ1n) is 8.97. The monoisotopic (exact) mass is 375 g/mol. The second-order valence-electron chi connectivity index (χ2n) is 6.18. The summed E-state index contributed by atoms with van der Waals surface area (Å²) in [6.07, 6.45) is 4.87. The lowest BCUT2D eigenvalue weighted by Crippen LogP contribution is -2.33. The van der Waals surface area contributed by atoms with Gasteiger partial charge in [-0.1, -0.05) is 60.7 Å². The van der Waals surface area contributed by atoms with E-state index < -0.39 is 5.97 Å². The lowest BCUT2D eigenvalue weighted by atomic mass is 9.99. The number of hydrogen-bond donors (Lipinski definition) is 1. The SMILES string of the molecule is O=C(COC(=O)/C=C/c1ccco1)NC(Cc1ccccc1)c1ccccc1. The smallest absolute Gasteiger partial charge is 0.331 e. The molecule has 142 valence electrons. The fraction of sp³-hybridized carbons (Fsp3) is 0.130. The molecule has 1 amide bonds. The van der Waals surface area contributed by atoms with E-state index in [1.165, 1.54) is 18.4 Å². The predicted octanol–water partition coefficient (Wildman–Crippen LogP) is 3.94. The number of benzene rings is 2. The Balaban J connectivity index is 1.57. The zero-order chi connectivity index (χ0) is 19.6. The van der Waals surface area contributed by atoms with Crippen molar-refractivity contribution >= 4 is 18.0 Å². The van der Waals surface area contributed by atoms with E-state index in [1.807, 2.05) is 60.7 Å². The van der Waals surface area contributed by atoms with Crippen LogP contribution in [0.4, 0.5) is 0 Å². The summed E-state index contributed by atoms with van der Waals surface area (Å²) >= 11 is 0. The van der Waals surface area contributed by atoms with Crippen LogP contribution in [0.2, 0.25) is 0 Å². The van der Waals surface area contributed by atoms with Gasteiger partial charge in [0.15, 0.2) is 6.61 Å². The number of amides is 1. The number of esters is 1. The summed E-state index contributed by atoms with van der Waals surface area (Å²) in [6.45, 7) is -0.348. The largest absolute Gasteiger partial charge is 0.465 e. The lowest BCUT2D eigenvalue weighted by molar-refractivity contribution is -0.144. The standard InChI is InChI=1S/C23H21NO4/c25-22(17-28-23(26)14-13-20-12-7-15-27-20)24-21(19-10-5-2-6-11-19)16-18-8-3-1-4-9-18/h1-15,21H,16-17H2,(H,24,25)/b14-13+. The Labute approximate surface area is 163 Å². The molecule has 0 aliphatic rings. The molecule has 0 aliphatic carbocycles. The third kappa shape index (κ3) is 5.99. The summed E-state index contributed by atoms with van der Waals surface area (Å²) in [5.41, 5.74) is 2.10. The highest BCUT2D eigenvalue weighted by atomic mass is 16.5. The van der Waals surface area contributed by atoms with Gasteiger partial charge in [0.25, 0.3) is 5.91 Å². The van der Waals surface area contributed by atoms with Gasteiger partial charge in [-0.15, -0.1) is 0 Å². The molecule has 1 atom stereocenters. The molecule has 2 aromatic carbocycles. The van der Waals surface area contributed by atoms with Gasteiger partial charge in [0.1, 0.15) is 5.76 Å². The average molecular weight is 375 g/mol. The minimum atomic E-state index is -0.606. The summed E-state index contributed by atoms with van der Waals surface area (Å²) in [5, 5.41) is 2.95. The molecule has 0 spiro atoms. The molecular weight excluding hydrogens is 354 g/mol. The van der Waals surface area contributed by atoms with Gasteiger partial charge in [-0.3, -0.25) is 4.79 Å². The van der Waals surface area contributed by atoms with Crippen molar-refractivity contribution in [3.63, 3.8) is 0 Å². The minimum Gasteiger partial charge on any atom is -0.465 e. The third-order valence-corrected chi connectivity index (χ3v) is 4.09. The summed E-state index contributed by atoms with van der Waals surface area (Å²) in [6, 6.07) is 22.8. The Kier molecular flexibility index (Phi) is 6.79. The van der Waals surface area contributed by atoms with E-state index in [4.69, 9.17) is 9.15 Å². The second-order valence-corrected chi connectivity index (χ2v) is 6.18. The van der Waals surface area contributed by atoms with Crippen LogP contribution in [0.25, 0.3) is 6.08 Å². The molecule has 3 aromatic rings. The van der Waals surface area contributed by atoms with E-state index in [-0.39, 0.29) is 18.6 Å². The molecular formula is C23H21NO4. The van der Waals surface area contributed by atoms with E-state index in [1.54, 1.807) is 12.1 Å². The number of furan rings is 1. The first kappa shape index (κ1) is 19.2. The van der Waals surface area contributed by atoms with Crippen molar-refractivity contribution < 1.29 is 18.7 Å². The Hall–Kier alpha value is -3.60. The third-order valence-electron chi connectivity index (χ3n) is 4.09. The normalized spacial score (nSPS) is 11.9. The Morgan fingerprint density at radius 3 is 2.36 bits per heavy atom. The molecule has 0 bridgehead atoms. The predicted molar refractivity (Wildman–Crippen MR) is 106 cm³/mol. The van der Waals surface area contributed by atoms with Gasteiger partial charge in [-0.25, -0.2) is 4.79 Å². The zero-order valence-corrected chi connectivity index (χ0v) is 15.3. The Morgan fingerprint density at radius 2 is 1.68 bits per heavy atom. The van der Waals surface area contributed by atoms with E-state index in [0.29, 0.717) is 12.2 Å². The van der Waals surface area contributed by atoms with E-state index in [2.05, 4.69) is 5.32 Å². The Bertz CT molecular complexity index is 902. The van der Waals surface area contributed by atoms with E-state index in [9.17, 15) is 9.59 Å². The first-order valence-corrected chi connectivity index (χ1v) is 8.97. The molecule has 0 saturated heterocycles. The number of hydrogen-bond acceptors (Lipinski definition) is 4. The molecule has 0 saturated carbocycles. The molecule has 28 heavy (non-hydrogen) atoms. The number of carbonyl (C=O) groups is 2. The van der Waals surface area contributed by atoms with Gasteiger partial charge < -0.3 is 14.5 Å². The van der Waals surface area contributed by atoms with Crippen molar-refractivity contribution in [3.05, 3.63) is 102 Å². The molecule has 0 radical (unpaired) electrons. The lowest BCUT2D eigenvalue weighted by Gasteiger charge is -2.19. The number of carbonyl (C=O) groups excluding carboxylic acids is 2. The molecule has 3 rings (SSSR count). The summed E-state index contributed by atoms with van der Waals surface area (Å²) in [5.74, 6) is -0.427. The van der Waals surface area contributed by atoms with Crippen molar-refractivity contribution in [1.82, 2.24) is 5.32 Å². The van der Waals surface area contributed by atoms with Gasteiger partial charge >= 0.3 is 5.97 Å². The van der Waals surface area contributed by atoms with Gasteiger partial charge in [-0.2, -0.15) is 0 Å². The van der Waals surface area contributed by atoms with Crippen molar-refractivity contribution in [3.8, 4) is 0 Å². The Morgan fingerprint density at radius 1 is 0.964 bits per heavy atom. The van der Waals surface area contributed by atoms with Crippen molar-refractivity contribution in [1.29, 1.82) is 0 Å². The molecule has 1 heterocycles. The van der Waals surface area contributed by atoms with Crippen LogP contribution in [0.1, 0.15) is 22.9 Å². The second kappa shape index (κ2) is 9.92. The van der Waals surface area contributed by atoms with Crippen LogP contribution in [0, 0.1) is 0 Å². The quantitative estimate of drug-likeness (QED) is 0.478. The highest BCUT2D eigenvalue weighted by Gasteiger charge is 2.16. The molecule has 5 heteroatoms. The maximum Gasteiger partial charge on any atom is 0.331 e. The molecule has 1 N–H and O–H groups in total. The summed E-state index contributed by atoms with van der Waals surface area (Å²) in [7, 11) is 0. The number of rotatable bonds is 8. The summed E-state index contributed by atoms with van der Waals surface area (Å²) < 4.78 is 10.1. The maximum atomic E-state index is 12.3. The summed E-state index contributed by atoms with van der Waals surface area (Å²) in [4.78, 5) is 24.1. The average Bonchev–Trinajstić information content (AvgIpc) is 3.25. The van der Waals surface area contributed by atoms with Crippen LogP contribution in [-0.2, 0) is 20.7 Å². The van der Waals surface area contributed by atoms with Crippen molar-refractivity contribution in [2.24, 2.45) is 0 Å². The zero-order valence-electron chi connectivity index (χ0n) is 15.3. The van der Waals surface area contributed by atoms with Crippen molar-refractivity contribution in [2.45, 2.75) is 12.5 Å². The van der Waals surface area contributed by atoms with Crippen LogP contribution in [0.5, 0.6) is 0 Å². The van der Waals surface area contributed by atoms with Gasteiger partial charge in [-0.05, 0) is 35.8 Å². The first-order chi connectivity index (χ1) is 13.7. The molecule has 1 unspecified atom stereocenters. The van der Waals surface area contributed by atoms with E-state index >= 15 is 0 Å². The van der Waals surface area contributed by atoms with E-state index in [0.717, 1.165) is 11.1 Å². The van der Waals surface area contributed by atoms with Gasteiger partial charge in [0.05, 0.1) is 12.3 Å². The van der Waals surface area contributed by atoms with Crippen LogP contribution in [0.15, 0.2) is 89.6 Å². The van der Waals surface area contributed by atoms with Crippen molar-refractivity contribution in [2.75, 3.05) is 6.61 Å². The van der Waals surface area contributed by atoms with Crippen LogP contribution >= 0.6 is 0 Å². The highest BCUT2D eigenvalue weighted by Crippen LogP contribution is 2.18. The fourth-order valence-electron chi connectivity index (χ4n) is 2.74.